The topological polar surface area (TPSA) is 21.3 Å². The lowest BCUT2D eigenvalue weighted by Gasteiger charge is -2.13. The van der Waals surface area contributed by atoms with E-state index < -0.39 is 12.6 Å². The van der Waals surface area contributed by atoms with Gasteiger partial charge in [0.25, 0.3) is 0 Å². The Kier molecular flexibility index (Phi) is 5.24. The van der Waals surface area contributed by atoms with Gasteiger partial charge in [0.1, 0.15) is 0 Å². The Labute approximate surface area is 70.1 Å². The standard InChI is InChI=1S/C7H14F3NO/c1-6(5-12-2)11-4-3-7(8,9)10/h6,11H,3-5H2,1-2H3. The second-order valence-electron chi connectivity index (χ2n) is 2.68. The van der Waals surface area contributed by atoms with Gasteiger partial charge in [-0.25, -0.2) is 0 Å². The minimum atomic E-state index is -4.07. The van der Waals surface area contributed by atoms with E-state index in [0.717, 1.165) is 0 Å². The number of hydrogen-bond donors (Lipinski definition) is 1. The van der Waals surface area contributed by atoms with Crippen molar-refractivity contribution in [2.75, 3.05) is 20.3 Å². The molecule has 0 aliphatic rings. The van der Waals surface area contributed by atoms with E-state index in [1.165, 1.54) is 7.11 Å². The van der Waals surface area contributed by atoms with Crippen LogP contribution >= 0.6 is 0 Å². The van der Waals surface area contributed by atoms with Crippen LogP contribution in [0.5, 0.6) is 0 Å². The van der Waals surface area contributed by atoms with Crippen molar-refractivity contribution in [3.63, 3.8) is 0 Å². The smallest absolute Gasteiger partial charge is 0.383 e. The van der Waals surface area contributed by atoms with Crippen molar-refractivity contribution in [3.8, 4) is 0 Å². The highest BCUT2D eigenvalue weighted by molar-refractivity contribution is 4.61. The van der Waals surface area contributed by atoms with Crippen molar-refractivity contribution in [2.45, 2.75) is 25.6 Å². The second-order valence-corrected chi connectivity index (χ2v) is 2.68. The van der Waals surface area contributed by atoms with E-state index in [2.05, 4.69) is 5.32 Å². The summed E-state index contributed by atoms with van der Waals surface area (Å²) in [7, 11) is 1.52. The van der Waals surface area contributed by atoms with Gasteiger partial charge in [0.2, 0.25) is 0 Å². The van der Waals surface area contributed by atoms with E-state index in [9.17, 15) is 13.2 Å². The molecule has 0 aliphatic carbocycles. The number of alkyl halides is 3. The van der Waals surface area contributed by atoms with Gasteiger partial charge >= 0.3 is 6.18 Å². The maximum absolute atomic E-state index is 11.6. The summed E-state index contributed by atoms with van der Waals surface area (Å²) in [5.41, 5.74) is 0. The van der Waals surface area contributed by atoms with Gasteiger partial charge in [0.05, 0.1) is 13.0 Å². The predicted octanol–water partition coefficient (Wildman–Crippen LogP) is 1.56. The maximum Gasteiger partial charge on any atom is 0.390 e. The van der Waals surface area contributed by atoms with E-state index in [1.807, 2.05) is 0 Å². The normalized spacial score (nSPS) is 14.8. The van der Waals surface area contributed by atoms with Crippen LogP contribution in [0.2, 0.25) is 0 Å². The average Bonchev–Trinajstić information content (AvgIpc) is 1.84. The van der Waals surface area contributed by atoms with E-state index in [4.69, 9.17) is 4.74 Å². The zero-order chi connectivity index (χ0) is 9.61. The van der Waals surface area contributed by atoms with Gasteiger partial charge in [0, 0.05) is 19.7 Å². The minimum absolute atomic E-state index is 0.0302. The Morgan fingerprint density at radius 3 is 2.42 bits per heavy atom. The second kappa shape index (κ2) is 5.37. The molecule has 0 aromatic carbocycles. The van der Waals surface area contributed by atoms with Gasteiger partial charge in [-0.2, -0.15) is 13.2 Å². The molecule has 1 atom stereocenters. The van der Waals surface area contributed by atoms with Gasteiger partial charge in [-0.1, -0.05) is 0 Å². The first kappa shape index (κ1) is 11.7. The van der Waals surface area contributed by atoms with Crippen LogP contribution < -0.4 is 5.32 Å². The molecule has 0 aromatic rings. The molecule has 0 heterocycles. The Hall–Kier alpha value is -0.290. The molecule has 74 valence electrons. The van der Waals surface area contributed by atoms with Gasteiger partial charge < -0.3 is 10.1 Å². The van der Waals surface area contributed by atoms with Gasteiger partial charge in [-0.15, -0.1) is 0 Å². The summed E-state index contributed by atoms with van der Waals surface area (Å²) in [4.78, 5) is 0. The average molecular weight is 185 g/mol. The fourth-order valence-electron chi connectivity index (χ4n) is 0.769. The molecule has 0 spiro atoms. The molecule has 0 bridgehead atoms. The summed E-state index contributed by atoms with van der Waals surface area (Å²) in [5, 5.41) is 2.70. The summed E-state index contributed by atoms with van der Waals surface area (Å²) in [6, 6.07) is -0.0302. The highest BCUT2D eigenvalue weighted by Gasteiger charge is 2.26. The summed E-state index contributed by atoms with van der Waals surface area (Å²) in [6.07, 6.45) is -4.86. The molecule has 1 unspecified atom stereocenters. The third kappa shape index (κ3) is 7.81. The largest absolute Gasteiger partial charge is 0.390 e. The summed E-state index contributed by atoms with van der Waals surface area (Å²) < 4.78 is 39.6. The molecule has 0 aromatic heterocycles. The number of ether oxygens (including phenoxy) is 1. The van der Waals surface area contributed by atoms with Crippen LogP contribution in [-0.4, -0.2) is 32.5 Å². The SMILES string of the molecule is COCC(C)NCCC(F)(F)F. The molecule has 0 saturated heterocycles. The van der Waals surface area contributed by atoms with Gasteiger partial charge in [0.15, 0.2) is 0 Å². The van der Waals surface area contributed by atoms with Crippen molar-refractivity contribution in [1.29, 1.82) is 0 Å². The number of rotatable bonds is 5. The maximum atomic E-state index is 11.6. The Bertz CT molecular complexity index is 116. The van der Waals surface area contributed by atoms with Crippen molar-refractivity contribution in [2.24, 2.45) is 0 Å². The van der Waals surface area contributed by atoms with Gasteiger partial charge in [-0.3, -0.25) is 0 Å². The van der Waals surface area contributed by atoms with Crippen LogP contribution in [0.3, 0.4) is 0 Å². The van der Waals surface area contributed by atoms with Crippen molar-refractivity contribution in [1.82, 2.24) is 5.32 Å². The molecule has 0 aliphatic heterocycles. The highest BCUT2D eigenvalue weighted by Crippen LogP contribution is 2.18. The van der Waals surface area contributed by atoms with Crippen LogP contribution in [0, 0.1) is 0 Å². The summed E-state index contributed by atoms with van der Waals surface area (Å²) in [6.45, 7) is 2.16. The monoisotopic (exact) mass is 185 g/mol. The number of halogens is 3. The fourth-order valence-corrected chi connectivity index (χ4v) is 0.769. The third-order valence-corrected chi connectivity index (χ3v) is 1.32. The minimum Gasteiger partial charge on any atom is -0.383 e. The lowest BCUT2D eigenvalue weighted by Crippen LogP contribution is -2.32. The lowest BCUT2D eigenvalue weighted by atomic mass is 10.3. The van der Waals surface area contributed by atoms with Crippen molar-refractivity contribution < 1.29 is 17.9 Å². The first-order valence-corrected chi connectivity index (χ1v) is 3.75. The first-order valence-electron chi connectivity index (χ1n) is 3.75. The Balaban J connectivity index is 3.31. The van der Waals surface area contributed by atoms with Crippen molar-refractivity contribution >= 4 is 0 Å². The number of hydrogen-bond acceptors (Lipinski definition) is 2. The number of methoxy groups -OCH3 is 1. The molecule has 0 saturated carbocycles. The molecule has 0 rings (SSSR count). The zero-order valence-electron chi connectivity index (χ0n) is 7.24. The predicted molar refractivity (Wildman–Crippen MR) is 40.0 cm³/mol. The molecule has 0 radical (unpaired) electrons. The molecule has 5 heteroatoms. The van der Waals surface area contributed by atoms with Crippen LogP contribution in [0.25, 0.3) is 0 Å². The highest BCUT2D eigenvalue weighted by atomic mass is 19.4. The quantitative estimate of drug-likeness (QED) is 0.701. The third-order valence-electron chi connectivity index (χ3n) is 1.32. The molecule has 12 heavy (non-hydrogen) atoms. The lowest BCUT2D eigenvalue weighted by molar-refractivity contribution is -0.133. The van der Waals surface area contributed by atoms with E-state index >= 15 is 0 Å². The molecular weight excluding hydrogens is 171 g/mol. The van der Waals surface area contributed by atoms with E-state index in [1.54, 1.807) is 6.92 Å². The molecule has 0 amide bonds. The van der Waals surface area contributed by atoms with Crippen molar-refractivity contribution in [3.05, 3.63) is 0 Å². The Morgan fingerprint density at radius 1 is 1.42 bits per heavy atom. The number of nitrogens with one attached hydrogen (secondary N) is 1. The molecular formula is C7H14F3NO. The molecule has 2 nitrogen and oxygen atoms in total. The van der Waals surface area contributed by atoms with Crippen LogP contribution in [-0.2, 0) is 4.74 Å². The van der Waals surface area contributed by atoms with E-state index in [-0.39, 0.29) is 12.6 Å². The van der Waals surface area contributed by atoms with E-state index in [0.29, 0.717) is 6.61 Å². The first-order chi connectivity index (χ1) is 5.45. The van der Waals surface area contributed by atoms with Crippen LogP contribution in [0.1, 0.15) is 13.3 Å². The Morgan fingerprint density at radius 2 is 2.00 bits per heavy atom. The van der Waals surface area contributed by atoms with Crippen LogP contribution in [0.4, 0.5) is 13.2 Å². The molecule has 1 N–H and O–H groups in total. The van der Waals surface area contributed by atoms with Gasteiger partial charge in [-0.05, 0) is 6.92 Å². The summed E-state index contributed by atoms with van der Waals surface area (Å²) >= 11 is 0. The fraction of sp³-hybridized carbons (Fsp3) is 1.00. The molecule has 0 fully saturated rings. The zero-order valence-corrected chi connectivity index (χ0v) is 7.24. The van der Waals surface area contributed by atoms with Crippen LogP contribution in [0.15, 0.2) is 0 Å². The summed E-state index contributed by atoms with van der Waals surface area (Å²) in [5.74, 6) is 0.